The largest absolute Gasteiger partial charge is 0.481 e. The highest BCUT2D eigenvalue weighted by atomic mass is 32.2. The standard InChI is InChI=1S/C18H13FN2O4S/c1-11-15(9-18(22)23)16-8-13(19)5-6-17(16)21(11)26(24,25)14-4-2-3-12(7-14)10-20/h2-8H,9H2,1H3,(H,22,23). The number of rotatable bonds is 4. The van der Waals surface area contributed by atoms with Crippen molar-refractivity contribution in [1.82, 2.24) is 3.97 Å². The third kappa shape index (κ3) is 2.82. The summed E-state index contributed by atoms with van der Waals surface area (Å²) in [6, 6.07) is 10.9. The van der Waals surface area contributed by atoms with Crippen LogP contribution in [0.25, 0.3) is 10.9 Å². The van der Waals surface area contributed by atoms with Gasteiger partial charge in [-0.1, -0.05) is 6.07 Å². The van der Waals surface area contributed by atoms with Crippen molar-refractivity contribution < 1.29 is 22.7 Å². The first-order valence-electron chi connectivity index (χ1n) is 7.52. The molecule has 26 heavy (non-hydrogen) atoms. The fourth-order valence-electron chi connectivity index (χ4n) is 2.94. The second kappa shape index (κ2) is 6.28. The van der Waals surface area contributed by atoms with E-state index in [4.69, 9.17) is 10.4 Å². The number of benzene rings is 2. The molecule has 0 aliphatic carbocycles. The van der Waals surface area contributed by atoms with Gasteiger partial charge in [0.15, 0.2) is 0 Å². The van der Waals surface area contributed by atoms with Gasteiger partial charge in [-0.3, -0.25) is 4.79 Å². The molecule has 3 rings (SSSR count). The second-order valence-electron chi connectivity index (χ2n) is 5.71. The van der Waals surface area contributed by atoms with Gasteiger partial charge in [0.25, 0.3) is 10.0 Å². The summed E-state index contributed by atoms with van der Waals surface area (Å²) in [4.78, 5) is 11.1. The highest BCUT2D eigenvalue weighted by Crippen LogP contribution is 2.31. The van der Waals surface area contributed by atoms with Crippen LogP contribution in [-0.2, 0) is 21.2 Å². The highest BCUT2D eigenvalue weighted by molar-refractivity contribution is 7.90. The van der Waals surface area contributed by atoms with Gasteiger partial charge in [-0.05, 0) is 48.9 Å². The van der Waals surface area contributed by atoms with Crippen LogP contribution in [0, 0.1) is 24.1 Å². The van der Waals surface area contributed by atoms with Gasteiger partial charge in [0.1, 0.15) is 5.82 Å². The lowest BCUT2D eigenvalue weighted by atomic mass is 10.1. The van der Waals surface area contributed by atoms with Crippen molar-refractivity contribution in [3.8, 4) is 6.07 Å². The van der Waals surface area contributed by atoms with E-state index in [-0.39, 0.29) is 32.6 Å². The van der Waals surface area contributed by atoms with Crippen LogP contribution < -0.4 is 0 Å². The minimum atomic E-state index is -4.11. The van der Waals surface area contributed by atoms with Gasteiger partial charge >= 0.3 is 5.97 Å². The van der Waals surface area contributed by atoms with Crippen LogP contribution in [0.3, 0.4) is 0 Å². The van der Waals surface area contributed by atoms with Gasteiger partial charge in [0, 0.05) is 11.1 Å². The van der Waals surface area contributed by atoms with Crippen LogP contribution in [0.1, 0.15) is 16.8 Å². The molecule has 0 atom stereocenters. The fraction of sp³-hybridized carbons (Fsp3) is 0.111. The number of carboxylic acid groups (broad SMARTS) is 1. The summed E-state index contributed by atoms with van der Waals surface area (Å²) in [5.74, 6) is -1.74. The minimum absolute atomic E-state index is 0.109. The number of halogens is 1. The predicted molar refractivity (Wildman–Crippen MR) is 91.7 cm³/mol. The Bertz CT molecular complexity index is 1190. The lowest BCUT2D eigenvalue weighted by Gasteiger charge is -2.10. The number of aliphatic carboxylic acids is 1. The molecular formula is C18H13FN2O4S. The lowest BCUT2D eigenvalue weighted by Crippen LogP contribution is -2.15. The molecule has 132 valence electrons. The predicted octanol–water partition coefficient (Wildman–Crippen LogP) is 2.82. The third-order valence-corrected chi connectivity index (χ3v) is 5.87. The highest BCUT2D eigenvalue weighted by Gasteiger charge is 2.26. The average Bonchev–Trinajstić information content (AvgIpc) is 2.86. The number of hydrogen-bond donors (Lipinski definition) is 1. The van der Waals surface area contributed by atoms with E-state index in [0.717, 1.165) is 16.1 Å². The third-order valence-electron chi connectivity index (χ3n) is 4.07. The number of aromatic nitrogens is 1. The Morgan fingerprint density at radius 3 is 2.65 bits per heavy atom. The van der Waals surface area contributed by atoms with E-state index in [9.17, 15) is 17.6 Å². The Kier molecular flexibility index (Phi) is 4.26. The van der Waals surface area contributed by atoms with E-state index in [2.05, 4.69) is 0 Å². The summed E-state index contributed by atoms with van der Waals surface area (Å²) in [7, 11) is -4.11. The topological polar surface area (TPSA) is 100 Å². The molecule has 1 heterocycles. The molecule has 0 bridgehead atoms. The maximum atomic E-state index is 13.7. The van der Waals surface area contributed by atoms with E-state index in [0.29, 0.717) is 0 Å². The smallest absolute Gasteiger partial charge is 0.307 e. The molecule has 6 nitrogen and oxygen atoms in total. The molecule has 3 aromatic rings. The molecule has 0 saturated carbocycles. The first-order valence-corrected chi connectivity index (χ1v) is 8.96. The average molecular weight is 372 g/mol. The monoisotopic (exact) mass is 372 g/mol. The molecule has 0 unspecified atom stereocenters. The van der Waals surface area contributed by atoms with E-state index in [1.54, 1.807) is 0 Å². The molecule has 0 aliphatic heterocycles. The van der Waals surface area contributed by atoms with E-state index in [1.165, 1.54) is 37.3 Å². The quantitative estimate of drug-likeness (QED) is 0.759. The Balaban J connectivity index is 2.36. The van der Waals surface area contributed by atoms with Gasteiger partial charge < -0.3 is 5.11 Å². The Morgan fingerprint density at radius 2 is 2.00 bits per heavy atom. The zero-order valence-corrected chi connectivity index (χ0v) is 14.4. The van der Waals surface area contributed by atoms with Gasteiger partial charge in [-0.15, -0.1) is 0 Å². The summed E-state index contributed by atoms with van der Waals surface area (Å²) in [5.41, 5.74) is 0.780. The van der Waals surface area contributed by atoms with Crippen LogP contribution in [0.15, 0.2) is 47.4 Å². The first kappa shape index (κ1) is 17.6. The molecule has 0 spiro atoms. The second-order valence-corrected chi connectivity index (χ2v) is 7.49. The van der Waals surface area contributed by atoms with Crippen molar-refractivity contribution in [1.29, 1.82) is 5.26 Å². The molecule has 1 N–H and O–H groups in total. The number of nitrogens with zero attached hydrogens (tertiary/aromatic N) is 2. The van der Waals surface area contributed by atoms with Crippen molar-refractivity contribution >= 4 is 26.9 Å². The van der Waals surface area contributed by atoms with Crippen LogP contribution in [0.4, 0.5) is 4.39 Å². The zero-order chi connectivity index (χ0) is 19.1. The molecule has 0 radical (unpaired) electrons. The molecule has 0 fully saturated rings. The summed E-state index contributed by atoms with van der Waals surface area (Å²) >= 11 is 0. The van der Waals surface area contributed by atoms with Crippen molar-refractivity contribution in [2.45, 2.75) is 18.2 Å². The molecule has 1 aromatic heterocycles. The summed E-state index contributed by atoms with van der Waals surface area (Å²) in [6.07, 6.45) is -0.438. The Labute approximate surface area is 148 Å². The van der Waals surface area contributed by atoms with Crippen molar-refractivity contribution in [3.05, 3.63) is 65.1 Å². The van der Waals surface area contributed by atoms with E-state index < -0.39 is 28.2 Å². The fourth-order valence-corrected chi connectivity index (χ4v) is 4.57. The summed E-state index contributed by atoms with van der Waals surface area (Å²) in [6.45, 7) is 1.47. The number of hydrogen-bond acceptors (Lipinski definition) is 4. The van der Waals surface area contributed by atoms with Gasteiger partial charge in [0.05, 0.1) is 28.5 Å². The van der Waals surface area contributed by atoms with Crippen LogP contribution in [0.5, 0.6) is 0 Å². The zero-order valence-electron chi connectivity index (χ0n) is 13.6. The van der Waals surface area contributed by atoms with Gasteiger partial charge in [-0.2, -0.15) is 5.26 Å². The van der Waals surface area contributed by atoms with Crippen molar-refractivity contribution in [2.75, 3.05) is 0 Å². The number of nitriles is 1. The molecule has 8 heteroatoms. The van der Waals surface area contributed by atoms with Crippen molar-refractivity contribution in [3.63, 3.8) is 0 Å². The van der Waals surface area contributed by atoms with Crippen molar-refractivity contribution in [2.24, 2.45) is 0 Å². The van der Waals surface area contributed by atoms with Crippen LogP contribution in [-0.4, -0.2) is 23.5 Å². The van der Waals surface area contributed by atoms with E-state index >= 15 is 0 Å². The Morgan fingerprint density at radius 1 is 1.27 bits per heavy atom. The minimum Gasteiger partial charge on any atom is -0.481 e. The molecule has 0 amide bonds. The van der Waals surface area contributed by atoms with E-state index in [1.807, 2.05) is 6.07 Å². The normalized spacial score (nSPS) is 11.4. The maximum absolute atomic E-state index is 13.7. The first-order chi connectivity index (χ1) is 12.3. The molecule has 2 aromatic carbocycles. The summed E-state index contributed by atoms with van der Waals surface area (Å²) < 4.78 is 40.9. The SMILES string of the molecule is Cc1c(CC(=O)O)c2cc(F)ccc2n1S(=O)(=O)c1cccc(C#N)c1. The van der Waals surface area contributed by atoms with Crippen LogP contribution in [0.2, 0.25) is 0 Å². The van der Waals surface area contributed by atoms with Gasteiger partial charge in [-0.25, -0.2) is 16.8 Å². The molecule has 0 saturated heterocycles. The molecule has 0 aliphatic rings. The summed E-state index contributed by atoms with van der Waals surface area (Å²) in [5, 5.41) is 18.4. The van der Waals surface area contributed by atoms with Crippen LogP contribution >= 0.6 is 0 Å². The Hall–Kier alpha value is -3.18. The molecular weight excluding hydrogens is 359 g/mol. The number of carboxylic acids is 1. The number of fused-ring (bicyclic) bond motifs is 1. The maximum Gasteiger partial charge on any atom is 0.307 e. The lowest BCUT2D eigenvalue weighted by molar-refractivity contribution is -0.136. The van der Waals surface area contributed by atoms with Gasteiger partial charge in [0.2, 0.25) is 0 Å². The number of carbonyl (C=O) groups is 1.